The Kier molecular flexibility index (Phi) is 4.62. The minimum Gasteiger partial charge on any atom is -0.417 e. The summed E-state index contributed by atoms with van der Waals surface area (Å²) in [6, 6.07) is 6.29. The van der Waals surface area contributed by atoms with E-state index in [4.69, 9.17) is 4.42 Å². The lowest BCUT2D eigenvalue weighted by atomic mass is 9.78. The van der Waals surface area contributed by atoms with Gasteiger partial charge in [0.1, 0.15) is 11.5 Å². The molecule has 3 aromatic rings. The van der Waals surface area contributed by atoms with Crippen molar-refractivity contribution in [3.05, 3.63) is 60.1 Å². The van der Waals surface area contributed by atoms with Gasteiger partial charge in [-0.3, -0.25) is 9.78 Å². The number of amides is 1. The molecule has 1 fully saturated rings. The second kappa shape index (κ2) is 7.22. The summed E-state index contributed by atoms with van der Waals surface area (Å²) >= 11 is 0. The quantitative estimate of drug-likeness (QED) is 0.745. The van der Waals surface area contributed by atoms with Gasteiger partial charge in [0.15, 0.2) is 0 Å². The Morgan fingerprint density at radius 3 is 2.81 bits per heavy atom. The molecule has 1 aromatic carbocycles. The van der Waals surface area contributed by atoms with Crippen LogP contribution in [-0.4, -0.2) is 26.1 Å². The molecular weight excluding hydrogens is 349 g/mol. The Labute approximate surface area is 155 Å². The summed E-state index contributed by atoms with van der Waals surface area (Å²) in [5, 5.41) is 10.7. The van der Waals surface area contributed by atoms with Crippen molar-refractivity contribution in [1.29, 1.82) is 0 Å². The van der Waals surface area contributed by atoms with E-state index in [-0.39, 0.29) is 30.1 Å². The highest BCUT2D eigenvalue weighted by Gasteiger charge is 2.42. The van der Waals surface area contributed by atoms with Crippen LogP contribution < -0.4 is 5.32 Å². The van der Waals surface area contributed by atoms with Gasteiger partial charge in [0, 0.05) is 12.4 Å². The minimum atomic E-state index is -0.712. The first-order valence-electron chi connectivity index (χ1n) is 8.80. The summed E-state index contributed by atoms with van der Waals surface area (Å²) in [4.78, 5) is 21.0. The van der Waals surface area contributed by atoms with E-state index in [0.29, 0.717) is 24.1 Å². The molecule has 1 N–H and O–H groups in total. The average molecular weight is 367 g/mol. The van der Waals surface area contributed by atoms with Crippen molar-refractivity contribution >= 4 is 5.91 Å². The highest BCUT2D eigenvalue weighted by molar-refractivity contribution is 5.88. The van der Waals surface area contributed by atoms with Crippen molar-refractivity contribution in [2.24, 2.45) is 0 Å². The maximum absolute atomic E-state index is 13.7. The number of carbonyl (C=O) groups excluding carboxylic acids is 1. The Bertz CT molecular complexity index is 938. The lowest BCUT2D eigenvalue weighted by Gasteiger charge is -2.28. The molecule has 1 aliphatic carbocycles. The molecule has 2 aromatic heterocycles. The van der Waals surface area contributed by atoms with Crippen molar-refractivity contribution in [1.82, 2.24) is 25.5 Å². The van der Waals surface area contributed by atoms with E-state index in [1.165, 1.54) is 24.5 Å². The van der Waals surface area contributed by atoms with E-state index in [9.17, 15) is 9.18 Å². The Hall–Kier alpha value is -3.16. The number of rotatable bonds is 5. The van der Waals surface area contributed by atoms with E-state index in [1.54, 1.807) is 12.3 Å². The van der Waals surface area contributed by atoms with E-state index in [1.807, 2.05) is 6.07 Å². The number of nitrogens with zero attached hydrogens (tertiary/aromatic N) is 4. The molecule has 0 radical (unpaired) electrons. The number of hydrogen-bond donors (Lipinski definition) is 1. The first-order chi connectivity index (χ1) is 13.2. The van der Waals surface area contributed by atoms with Gasteiger partial charge in [-0.1, -0.05) is 25.0 Å². The average Bonchev–Trinajstić information content (AvgIpc) is 3.37. The first kappa shape index (κ1) is 17.3. The summed E-state index contributed by atoms with van der Waals surface area (Å²) in [7, 11) is 0. The predicted molar refractivity (Wildman–Crippen MR) is 93.7 cm³/mol. The third kappa shape index (κ3) is 3.42. The van der Waals surface area contributed by atoms with Crippen molar-refractivity contribution in [2.75, 3.05) is 0 Å². The Morgan fingerprint density at radius 2 is 2.07 bits per heavy atom. The third-order valence-electron chi connectivity index (χ3n) is 4.92. The van der Waals surface area contributed by atoms with Gasteiger partial charge in [-0.25, -0.2) is 9.37 Å². The lowest BCUT2D eigenvalue weighted by Crippen LogP contribution is -2.42. The number of benzene rings is 1. The van der Waals surface area contributed by atoms with Crippen molar-refractivity contribution in [3.8, 4) is 11.6 Å². The maximum atomic E-state index is 13.7. The molecule has 0 aliphatic heterocycles. The molecule has 0 atom stereocenters. The molecule has 27 heavy (non-hydrogen) atoms. The van der Waals surface area contributed by atoms with Crippen LogP contribution in [0.25, 0.3) is 11.6 Å². The molecule has 0 bridgehead atoms. The molecule has 0 saturated heterocycles. The zero-order valence-corrected chi connectivity index (χ0v) is 14.6. The molecular formula is C19H18FN5O2. The van der Waals surface area contributed by atoms with Crippen molar-refractivity contribution in [3.63, 3.8) is 0 Å². The summed E-state index contributed by atoms with van der Waals surface area (Å²) < 4.78 is 19.2. The third-order valence-corrected chi connectivity index (χ3v) is 4.92. The Balaban J connectivity index is 1.49. The highest BCUT2D eigenvalue weighted by atomic mass is 19.1. The van der Waals surface area contributed by atoms with E-state index < -0.39 is 5.41 Å². The molecule has 1 aliphatic rings. The van der Waals surface area contributed by atoms with Gasteiger partial charge < -0.3 is 9.73 Å². The molecule has 1 saturated carbocycles. The van der Waals surface area contributed by atoms with Crippen LogP contribution in [0.4, 0.5) is 4.39 Å². The second-order valence-corrected chi connectivity index (χ2v) is 6.57. The Morgan fingerprint density at radius 1 is 1.22 bits per heavy atom. The zero-order chi connectivity index (χ0) is 18.7. The number of hydrogen-bond acceptors (Lipinski definition) is 6. The van der Waals surface area contributed by atoms with Gasteiger partial charge in [0.25, 0.3) is 5.89 Å². The molecule has 4 rings (SSSR count). The van der Waals surface area contributed by atoms with E-state index >= 15 is 0 Å². The van der Waals surface area contributed by atoms with Crippen LogP contribution >= 0.6 is 0 Å². The monoisotopic (exact) mass is 367 g/mol. The molecule has 2 heterocycles. The van der Waals surface area contributed by atoms with Gasteiger partial charge in [-0.05, 0) is 30.5 Å². The lowest BCUT2D eigenvalue weighted by molar-refractivity contribution is -0.126. The normalized spacial score (nSPS) is 15.6. The fourth-order valence-corrected chi connectivity index (χ4v) is 3.57. The topological polar surface area (TPSA) is 93.8 Å². The standard InChI is InChI=1S/C19H18FN5O2/c20-14-5-3-4-13(10-14)19(6-1-2-7-19)18(26)23-12-16-24-25-17(27-16)15-11-21-8-9-22-15/h3-5,8-11H,1-2,6-7,12H2,(H,23,26). The molecule has 0 unspecified atom stereocenters. The highest BCUT2D eigenvalue weighted by Crippen LogP contribution is 2.41. The largest absolute Gasteiger partial charge is 0.417 e. The molecule has 138 valence electrons. The predicted octanol–water partition coefficient (Wildman–Crippen LogP) is 2.79. The SMILES string of the molecule is O=C(NCc1nnc(-c2cnccn2)o1)C1(c2cccc(F)c2)CCCC1. The summed E-state index contributed by atoms with van der Waals surface area (Å²) in [6.45, 7) is 0.100. The molecule has 1 amide bonds. The zero-order valence-electron chi connectivity index (χ0n) is 14.6. The maximum Gasteiger partial charge on any atom is 0.267 e. The fraction of sp³-hybridized carbons (Fsp3) is 0.316. The second-order valence-electron chi connectivity index (χ2n) is 6.57. The van der Waals surface area contributed by atoms with Crippen LogP contribution in [0.3, 0.4) is 0 Å². The number of nitrogens with one attached hydrogen (secondary N) is 1. The number of halogens is 1. The van der Waals surface area contributed by atoms with Crippen LogP contribution in [0.1, 0.15) is 37.1 Å². The summed E-state index contributed by atoms with van der Waals surface area (Å²) in [5.74, 6) is 0.0337. The number of carbonyl (C=O) groups is 1. The van der Waals surface area contributed by atoms with E-state index in [2.05, 4.69) is 25.5 Å². The first-order valence-corrected chi connectivity index (χ1v) is 8.80. The van der Waals surface area contributed by atoms with E-state index in [0.717, 1.165) is 12.8 Å². The van der Waals surface area contributed by atoms with Crippen LogP contribution in [-0.2, 0) is 16.8 Å². The van der Waals surface area contributed by atoms with Gasteiger partial charge >= 0.3 is 0 Å². The van der Waals surface area contributed by atoms with Crippen LogP contribution in [0, 0.1) is 5.82 Å². The molecule has 8 heteroatoms. The smallest absolute Gasteiger partial charge is 0.267 e. The molecule has 0 spiro atoms. The van der Waals surface area contributed by atoms with Crippen LogP contribution in [0.5, 0.6) is 0 Å². The molecule has 7 nitrogen and oxygen atoms in total. The van der Waals surface area contributed by atoms with Gasteiger partial charge in [0.05, 0.1) is 18.2 Å². The summed E-state index contributed by atoms with van der Waals surface area (Å²) in [6.07, 6.45) is 7.85. The van der Waals surface area contributed by atoms with Gasteiger partial charge in [-0.15, -0.1) is 10.2 Å². The fourth-order valence-electron chi connectivity index (χ4n) is 3.57. The van der Waals surface area contributed by atoms with Gasteiger partial charge in [-0.2, -0.15) is 0 Å². The summed E-state index contributed by atoms with van der Waals surface area (Å²) in [5.41, 5.74) is 0.466. The number of aromatic nitrogens is 4. The minimum absolute atomic E-state index is 0.100. The van der Waals surface area contributed by atoms with Crippen LogP contribution in [0.2, 0.25) is 0 Å². The van der Waals surface area contributed by atoms with Gasteiger partial charge in [0.2, 0.25) is 11.8 Å². The van der Waals surface area contributed by atoms with Crippen molar-refractivity contribution in [2.45, 2.75) is 37.6 Å². The van der Waals surface area contributed by atoms with Crippen LogP contribution in [0.15, 0.2) is 47.3 Å². The van der Waals surface area contributed by atoms with Crippen molar-refractivity contribution < 1.29 is 13.6 Å².